The summed E-state index contributed by atoms with van der Waals surface area (Å²) in [5.41, 5.74) is -2.74. The van der Waals surface area contributed by atoms with Crippen LogP contribution in [0.2, 0.25) is 0 Å². The van der Waals surface area contributed by atoms with E-state index in [1.165, 1.54) is 0 Å². The lowest BCUT2D eigenvalue weighted by Crippen LogP contribution is -2.42. The molecule has 0 spiro atoms. The van der Waals surface area contributed by atoms with Crippen LogP contribution in [0.4, 0.5) is 0 Å². The van der Waals surface area contributed by atoms with Crippen molar-refractivity contribution in [2.24, 2.45) is 0 Å². The summed E-state index contributed by atoms with van der Waals surface area (Å²) in [4.78, 5) is 30.5. The van der Waals surface area contributed by atoms with Crippen LogP contribution in [0.5, 0.6) is 0 Å². The van der Waals surface area contributed by atoms with Crippen molar-refractivity contribution in [2.75, 3.05) is 0 Å². The minimum atomic E-state index is -2.74. The van der Waals surface area contributed by atoms with Crippen molar-refractivity contribution in [2.45, 2.75) is 18.4 Å². The first-order valence-electron chi connectivity index (χ1n) is 4.32. The molecule has 0 rings (SSSR count). The minimum absolute atomic E-state index is 1.14. The van der Waals surface area contributed by atoms with Gasteiger partial charge in [0.1, 0.15) is 0 Å². The number of aliphatic hydroxyl groups is 1. The summed E-state index contributed by atoms with van der Waals surface area (Å²) in [6.45, 7) is 6.72. The van der Waals surface area contributed by atoms with Crippen molar-refractivity contribution in [3.63, 3.8) is 0 Å². The monoisotopic (exact) mass is 246 g/mol. The molecule has 0 atom stereocenters. The number of hydrogen-bond donors (Lipinski definition) is 4. The molecule has 4 N–H and O–H groups in total. The molecular formula is C10H14O7. The van der Waals surface area contributed by atoms with Crippen LogP contribution < -0.4 is 0 Å². The van der Waals surface area contributed by atoms with Gasteiger partial charge in [-0.3, -0.25) is 9.59 Å². The predicted octanol–water partition coefficient (Wildman–Crippen LogP) is 0.110. The number of rotatable bonds is 6. The van der Waals surface area contributed by atoms with E-state index in [9.17, 15) is 14.4 Å². The van der Waals surface area contributed by atoms with E-state index in [2.05, 4.69) is 13.2 Å². The predicted molar refractivity (Wildman–Crippen MR) is 57.5 cm³/mol. The molecule has 7 nitrogen and oxygen atoms in total. The van der Waals surface area contributed by atoms with Crippen LogP contribution in [0.15, 0.2) is 25.3 Å². The number of hydrogen-bond acceptors (Lipinski definition) is 4. The summed E-state index contributed by atoms with van der Waals surface area (Å²) in [6.07, 6.45) is 0.989. The number of allylic oxidation sites excluding steroid dienone is 2. The van der Waals surface area contributed by atoms with Crippen LogP contribution in [0.25, 0.3) is 0 Å². The third kappa shape index (κ3) is 8.82. The molecule has 0 aromatic heterocycles. The Morgan fingerprint density at radius 3 is 1.35 bits per heavy atom. The zero-order chi connectivity index (χ0) is 14.1. The number of aliphatic carboxylic acids is 3. The van der Waals surface area contributed by atoms with Crippen LogP contribution in [0.3, 0.4) is 0 Å². The van der Waals surface area contributed by atoms with Crippen LogP contribution in [-0.2, 0) is 14.4 Å². The summed E-state index contributed by atoms with van der Waals surface area (Å²) < 4.78 is 0. The Labute approximate surface area is 97.3 Å². The number of carboxylic acid groups (broad SMARTS) is 3. The van der Waals surface area contributed by atoms with Crippen LogP contribution in [0, 0.1) is 0 Å². The molecule has 0 fully saturated rings. The topological polar surface area (TPSA) is 132 Å². The molecule has 96 valence electrons. The van der Waals surface area contributed by atoms with Gasteiger partial charge in [0.15, 0.2) is 5.60 Å². The van der Waals surface area contributed by atoms with Gasteiger partial charge in [-0.25, -0.2) is 4.79 Å². The maximum atomic E-state index is 10.3. The summed E-state index contributed by atoms with van der Waals surface area (Å²) in [6, 6.07) is 0. The molecule has 7 heteroatoms. The van der Waals surface area contributed by atoms with Gasteiger partial charge in [0.2, 0.25) is 0 Å². The first-order chi connectivity index (χ1) is 7.69. The Morgan fingerprint density at radius 2 is 1.24 bits per heavy atom. The highest BCUT2D eigenvalue weighted by molar-refractivity contribution is 5.88. The first kappa shape index (κ1) is 17.3. The second-order valence-electron chi connectivity index (χ2n) is 2.95. The molecule has 0 heterocycles. The van der Waals surface area contributed by atoms with Crippen molar-refractivity contribution >= 4 is 17.9 Å². The lowest BCUT2D eigenvalue weighted by atomic mass is 9.96. The first-order valence-corrected chi connectivity index (χ1v) is 4.32. The van der Waals surface area contributed by atoms with E-state index in [1.54, 1.807) is 12.2 Å². The van der Waals surface area contributed by atoms with Gasteiger partial charge in [-0.05, 0) is 0 Å². The van der Waals surface area contributed by atoms with Gasteiger partial charge in [-0.15, -0.1) is 0 Å². The van der Waals surface area contributed by atoms with E-state index in [-0.39, 0.29) is 0 Å². The van der Waals surface area contributed by atoms with E-state index >= 15 is 0 Å². The standard InChI is InChI=1S/C6H8O7.C4H6/c7-3(8)1-6(13,5(11)12)2-4(9)10;1-3-4-2/h13H,1-2H2,(H,7,8)(H,9,10)(H,11,12);3-4H,1-2H2. The third-order valence-corrected chi connectivity index (χ3v) is 1.45. The molecule has 17 heavy (non-hydrogen) atoms. The molecule has 0 amide bonds. The van der Waals surface area contributed by atoms with Crippen molar-refractivity contribution in [1.29, 1.82) is 0 Å². The van der Waals surface area contributed by atoms with Gasteiger partial charge in [0, 0.05) is 0 Å². The number of carboxylic acids is 3. The van der Waals surface area contributed by atoms with Gasteiger partial charge in [-0.1, -0.05) is 25.3 Å². The maximum absolute atomic E-state index is 10.3. The fraction of sp³-hybridized carbons (Fsp3) is 0.300. The highest BCUT2D eigenvalue weighted by atomic mass is 16.4. The average Bonchev–Trinajstić information content (AvgIpc) is 2.15. The Bertz CT molecular complexity index is 297. The van der Waals surface area contributed by atoms with E-state index in [0.29, 0.717) is 0 Å². The quantitative estimate of drug-likeness (QED) is 0.489. The van der Waals surface area contributed by atoms with Gasteiger partial charge in [0.25, 0.3) is 0 Å². The third-order valence-electron chi connectivity index (χ3n) is 1.45. The van der Waals surface area contributed by atoms with E-state index in [4.69, 9.17) is 20.4 Å². The smallest absolute Gasteiger partial charge is 0.336 e. The Hall–Kier alpha value is -2.15. The molecule has 0 aliphatic rings. The normalized spacial score (nSPS) is 9.47. The van der Waals surface area contributed by atoms with E-state index in [1.807, 2.05) is 0 Å². The molecular weight excluding hydrogens is 232 g/mol. The summed E-state index contributed by atoms with van der Waals surface area (Å²) in [5.74, 6) is -5.02. The van der Waals surface area contributed by atoms with Gasteiger partial charge < -0.3 is 20.4 Å². The zero-order valence-electron chi connectivity index (χ0n) is 9.00. The minimum Gasteiger partial charge on any atom is -0.481 e. The molecule has 0 aliphatic carbocycles. The Balaban J connectivity index is 0. The Morgan fingerprint density at radius 1 is 0.941 bits per heavy atom. The van der Waals surface area contributed by atoms with E-state index in [0.717, 1.165) is 0 Å². The van der Waals surface area contributed by atoms with Gasteiger partial charge >= 0.3 is 17.9 Å². The van der Waals surface area contributed by atoms with Crippen molar-refractivity contribution in [3.05, 3.63) is 25.3 Å². The molecule has 0 aliphatic heterocycles. The Kier molecular flexibility index (Phi) is 8.17. The molecule has 0 aromatic rings. The lowest BCUT2D eigenvalue weighted by molar-refractivity contribution is -0.170. The molecule has 0 saturated carbocycles. The van der Waals surface area contributed by atoms with E-state index < -0.39 is 36.4 Å². The fourth-order valence-electron chi connectivity index (χ4n) is 0.714. The number of carbonyl (C=O) groups is 3. The van der Waals surface area contributed by atoms with Crippen molar-refractivity contribution in [1.82, 2.24) is 0 Å². The molecule has 0 saturated heterocycles. The fourth-order valence-corrected chi connectivity index (χ4v) is 0.714. The van der Waals surface area contributed by atoms with Crippen LogP contribution in [-0.4, -0.2) is 43.9 Å². The maximum Gasteiger partial charge on any atom is 0.336 e. The highest BCUT2D eigenvalue weighted by Crippen LogP contribution is 2.15. The average molecular weight is 246 g/mol. The lowest BCUT2D eigenvalue weighted by Gasteiger charge is -2.18. The zero-order valence-corrected chi connectivity index (χ0v) is 9.00. The summed E-state index contributed by atoms with van der Waals surface area (Å²) in [7, 11) is 0. The highest BCUT2D eigenvalue weighted by Gasteiger charge is 2.40. The van der Waals surface area contributed by atoms with Crippen LogP contribution >= 0.6 is 0 Å². The molecule has 0 aromatic carbocycles. The van der Waals surface area contributed by atoms with Gasteiger partial charge in [-0.2, -0.15) is 0 Å². The van der Waals surface area contributed by atoms with Crippen LogP contribution in [0.1, 0.15) is 12.8 Å². The molecule has 0 radical (unpaired) electrons. The summed E-state index contributed by atoms with van der Waals surface area (Å²) >= 11 is 0. The second-order valence-corrected chi connectivity index (χ2v) is 2.95. The molecule has 0 unspecified atom stereocenters. The van der Waals surface area contributed by atoms with Gasteiger partial charge in [0.05, 0.1) is 12.8 Å². The molecule has 0 bridgehead atoms. The SMILES string of the molecule is C=CC=C.O=C(O)CC(O)(CC(=O)O)C(=O)O. The summed E-state index contributed by atoms with van der Waals surface area (Å²) in [5, 5.41) is 33.8. The second kappa shape index (κ2) is 8.05. The van der Waals surface area contributed by atoms with Crippen molar-refractivity contribution in [3.8, 4) is 0 Å². The van der Waals surface area contributed by atoms with Crippen molar-refractivity contribution < 1.29 is 34.8 Å². The largest absolute Gasteiger partial charge is 0.481 e.